The molecule has 7 heteroatoms. The number of methoxy groups -OCH3 is 1. The third kappa shape index (κ3) is 2.53. The number of hydrogen-bond donors (Lipinski definition) is 1. The Kier molecular flexibility index (Phi) is 4.31. The molecule has 0 bridgehead atoms. The number of hydrogen-bond acceptors (Lipinski definition) is 4. The molecule has 0 saturated heterocycles. The van der Waals surface area contributed by atoms with E-state index in [-0.39, 0.29) is 22.3 Å². The first-order valence-corrected chi connectivity index (χ1v) is 5.06. The van der Waals surface area contributed by atoms with Crippen LogP contribution < -0.4 is 5.73 Å². The van der Waals surface area contributed by atoms with Gasteiger partial charge in [0.1, 0.15) is 5.69 Å². The van der Waals surface area contributed by atoms with Gasteiger partial charge in [-0.15, -0.1) is 0 Å². The predicted octanol–water partition coefficient (Wildman–Crippen LogP) is 2.03. The molecule has 4 nitrogen and oxygen atoms in total. The summed E-state index contributed by atoms with van der Waals surface area (Å²) in [4.78, 5) is 15.0. The maximum atomic E-state index is 12.4. The Bertz CT molecular complexity index is 413. The van der Waals surface area contributed by atoms with E-state index in [1.807, 2.05) is 0 Å². The van der Waals surface area contributed by atoms with Gasteiger partial charge in [-0.3, -0.25) is 0 Å². The standard InChI is InChI=1S/C9H9BrF2N2O2/c1-16-9(15)7-4(10)2-5(8(11)12)14-6(7)3-13/h2,8H,3,13H2,1H3. The van der Waals surface area contributed by atoms with Gasteiger partial charge < -0.3 is 10.5 Å². The maximum absolute atomic E-state index is 12.4. The van der Waals surface area contributed by atoms with E-state index in [1.165, 1.54) is 7.11 Å². The number of carbonyl (C=O) groups is 1. The van der Waals surface area contributed by atoms with Gasteiger partial charge in [-0.1, -0.05) is 0 Å². The molecule has 2 N–H and O–H groups in total. The van der Waals surface area contributed by atoms with Crippen molar-refractivity contribution in [1.82, 2.24) is 4.98 Å². The highest BCUT2D eigenvalue weighted by molar-refractivity contribution is 9.10. The van der Waals surface area contributed by atoms with E-state index in [2.05, 4.69) is 25.7 Å². The van der Waals surface area contributed by atoms with Crippen LogP contribution in [-0.2, 0) is 11.3 Å². The Balaban J connectivity index is 3.34. The third-order valence-electron chi connectivity index (χ3n) is 1.87. The maximum Gasteiger partial charge on any atom is 0.340 e. The summed E-state index contributed by atoms with van der Waals surface area (Å²) < 4.78 is 29.6. The van der Waals surface area contributed by atoms with Crippen molar-refractivity contribution in [3.05, 3.63) is 27.5 Å². The van der Waals surface area contributed by atoms with E-state index in [1.54, 1.807) is 0 Å². The minimum atomic E-state index is -2.71. The average Bonchev–Trinajstić information content (AvgIpc) is 2.26. The molecule has 0 unspecified atom stereocenters. The molecule has 0 fully saturated rings. The number of rotatable bonds is 3. The Hall–Kier alpha value is -1.08. The Morgan fingerprint density at radius 3 is 2.75 bits per heavy atom. The Labute approximate surface area is 98.9 Å². The molecule has 1 heterocycles. The molecule has 0 aromatic carbocycles. The summed E-state index contributed by atoms with van der Waals surface area (Å²) in [5.74, 6) is -0.666. The summed E-state index contributed by atoms with van der Waals surface area (Å²) in [5, 5.41) is 0. The number of ether oxygens (including phenoxy) is 1. The zero-order valence-corrected chi connectivity index (χ0v) is 9.92. The first kappa shape index (κ1) is 13.0. The van der Waals surface area contributed by atoms with Crippen molar-refractivity contribution in [2.24, 2.45) is 5.73 Å². The Morgan fingerprint density at radius 2 is 2.31 bits per heavy atom. The van der Waals surface area contributed by atoms with Crippen molar-refractivity contribution in [3.63, 3.8) is 0 Å². The van der Waals surface area contributed by atoms with Crippen LogP contribution in [0.3, 0.4) is 0 Å². The molecule has 0 saturated carbocycles. The van der Waals surface area contributed by atoms with Crippen molar-refractivity contribution in [3.8, 4) is 0 Å². The van der Waals surface area contributed by atoms with Crippen molar-refractivity contribution in [2.45, 2.75) is 13.0 Å². The van der Waals surface area contributed by atoms with Gasteiger partial charge in [-0.05, 0) is 22.0 Å². The van der Waals surface area contributed by atoms with Crippen LogP contribution in [0.15, 0.2) is 10.5 Å². The zero-order chi connectivity index (χ0) is 12.3. The second kappa shape index (κ2) is 5.31. The number of esters is 1. The number of alkyl halides is 2. The van der Waals surface area contributed by atoms with Gasteiger partial charge in [0.2, 0.25) is 0 Å². The van der Waals surface area contributed by atoms with Gasteiger partial charge in [-0.2, -0.15) is 0 Å². The largest absolute Gasteiger partial charge is 0.465 e. The molecule has 1 rings (SSSR count). The number of nitrogens with zero attached hydrogens (tertiary/aromatic N) is 1. The lowest BCUT2D eigenvalue weighted by molar-refractivity contribution is 0.0597. The van der Waals surface area contributed by atoms with Gasteiger partial charge >= 0.3 is 5.97 Å². The van der Waals surface area contributed by atoms with Crippen LogP contribution in [0.4, 0.5) is 8.78 Å². The second-order valence-corrected chi connectivity index (χ2v) is 3.70. The number of nitrogens with two attached hydrogens (primary N) is 1. The monoisotopic (exact) mass is 294 g/mol. The zero-order valence-electron chi connectivity index (χ0n) is 8.34. The molecule has 0 aliphatic carbocycles. The Morgan fingerprint density at radius 1 is 1.69 bits per heavy atom. The lowest BCUT2D eigenvalue weighted by atomic mass is 10.1. The number of halogens is 3. The highest BCUT2D eigenvalue weighted by Crippen LogP contribution is 2.26. The third-order valence-corrected chi connectivity index (χ3v) is 2.50. The van der Waals surface area contributed by atoms with Crippen LogP contribution in [0.25, 0.3) is 0 Å². The van der Waals surface area contributed by atoms with E-state index in [4.69, 9.17) is 5.73 Å². The molecule has 1 aromatic heterocycles. The molecule has 0 atom stereocenters. The minimum absolute atomic E-state index is 0.0781. The SMILES string of the molecule is COC(=O)c1c(Br)cc(C(F)F)nc1CN. The number of aromatic nitrogens is 1. The second-order valence-electron chi connectivity index (χ2n) is 2.85. The van der Waals surface area contributed by atoms with Crippen molar-refractivity contribution < 1.29 is 18.3 Å². The quantitative estimate of drug-likeness (QED) is 0.866. The lowest BCUT2D eigenvalue weighted by Gasteiger charge is -2.09. The molecular weight excluding hydrogens is 286 g/mol. The van der Waals surface area contributed by atoms with E-state index in [0.717, 1.165) is 6.07 Å². The van der Waals surface area contributed by atoms with E-state index < -0.39 is 18.1 Å². The molecule has 88 valence electrons. The first-order valence-electron chi connectivity index (χ1n) is 4.27. The predicted molar refractivity (Wildman–Crippen MR) is 56.1 cm³/mol. The highest BCUT2D eigenvalue weighted by atomic mass is 79.9. The van der Waals surface area contributed by atoms with E-state index in [0.29, 0.717) is 0 Å². The molecule has 0 aliphatic rings. The minimum Gasteiger partial charge on any atom is -0.465 e. The van der Waals surface area contributed by atoms with Crippen LogP contribution in [0.5, 0.6) is 0 Å². The van der Waals surface area contributed by atoms with E-state index in [9.17, 15) is 13.6 Å². The van der Waals surface area contributed by atoms with Gasteiger partial charge in [0, 0.05) is 11.0 Å². The van der Waals surface area contributed by atoms with Crippen molar-refractivity contribution in [2.75, 3.05) is 7.11 Å². The van der Waals surface area contributed by atoms with Crippen molar-refractivity contribution >= 4 is 21.9 Å². The smallest absolute Gasteiger partial charge is 0.340 e. The molecule has 0 radical (unpaired) electrons. The number of carbonyl (C=O) groups excluding carboxylic acids is 1. The van der Waals surface area contributed by atoms with E-state index >= 15 is 0 Å². The lowest BCUT2D eigenvalue weighted by Crippen LogP contribution is -2.13. The molecule has 1 aromatic rings. The molecule has 0 amide bonds. The highest BCUT2D eigenvalue weighted by Gasteiger charge is 2.20. The van der Waals surface area contributed by atoms with Crippen LogP contribution >= 0.6 is 15.9 Å². The topological polar surface area (TPSA) is 65.2 Å². The summed E-state index contributed by atoms with van der Waals surface area (Å²) >= 11 is 3.02. The van der Waals surface area contributed by atoms with Crippen LogP contribution in [0.1, 0.15) is 28.2 Å². The van der Waals surface area contributed by atoms with Gasteiger partial charge in [-0.25, -0.2) is 18.6 Å². The fraction of sp³-hybridized carbons (Fsp3) is 0.333. The fourth-order valence-corrected chi connectivity index (χ4v) is 1.79. The van der Waals surface area contributed by atoms with Crippen LogP contribution in [0.2, 0.25) is 0 Å². The normalized spacial score (nSPS) is 10.6. The van der Waals surface area contributed by atoms with Crippen molar-refractivity contribution in [1.29, 1.82) is 0 Å². The molecule has 0 spiro atoms. The molecule has 0 aliphatic heterocycles. The van der Waals surface area contributed by atoms with Crippen LogP contribution in [0, 0.1) is 0 Å². The van der Waals surface area contributed by atoms with Gasteiger partial charge in [0.05, 0.1) is 18.4 Å². The first-order chi connectivity index (χ1) is 7.51. The molecule has 16 heavy (non-hydrogen) atoms. The van der Waals surface area contributed by atoms with Crippen LogP contribution in [-0.4, -0.2) is 18.1 Å². The van der Waals surface area contributed by atoms with Gasteiger partial charge in [0.25, 0.3) is 6.43 Å². The summed E-state index contributed by atoms with van der Waals surface area (Å²) in [6.07, 6.45) is -2.71. The summed E-state index contributed by atoms with van der Waals surface area (Å²) in [5.41, 5.74) is 5.07. The summed E-state index contributed by atoms with van der Waals surface area (Å²) in [7, 11) is 1.19. The number of pyridine rings is 1. The average molecular weight is 295 g/mol. The molecular formula is C9H9BrF2N2O2. The van der Waals surface area contributed by atoms with Gasteiger partial charge in [0.15, 0.2) is 0 Å². The fourth-order valence-electron chi connectivity index (χ4n) is 1.16. The summed E-state index contributed by atoms with van der Waals surface area (Å²) in [6, 6.07) is 1.08. The summed E-state index contributed by atoms with van der Waals surface area (Å²) in [6.45, 7) is -0.121.